The second-order valence-corrected chi connectivity index (χ2v) is 5.15. The van der Waals surface area contributed by atoms with Crippen LogP contribution in [-0.2, 0) is 0 Å². The third-order valence-electron chi connectivity index (χ3n) is 3.74. The van der Waals surface area contributed by atoms with E-state index in [-0.39, 0.29) is 0 Å². The van der Waals surface area contributed by atoms with Gasteiger partial charge in [-0.15, -0.1) is 6.58 Å². The second-order valence-electron chi connectivity index (χ2n) is 5.15. The van der Waals surface area contributed by atoms with Gasteiger partial charge in [-0.25, -0.2) is 0 Å². The minimum absolute atomic E-state index is 0.751. The summed E-state index contributed by atoms with van der Waals surface area (Å²) in [5.74, 6) is 0.862. The van der Waals surface area contributed by atoms with E-state index < -0.39 is 0 Å². The number of likely N-dealkylation sites (N-methyl/N-ethyl adjacent to an activating group) is 1. The van der Waals surface area contributed by atoms with Gasteiger partial charge in [-0.05, 0) is 25.9 Å². The van der Waals surface area contributed by atoms with E-state index in [4.69, 9.17) is 0 Å². The first-order valence-corrected chi connectivity index (χ1v) is 7.80. The van der Waals surface area contributed by atoms with E-state index in [1.54, 1.807) is 7.05 Å². The van der Waals surface area contributed by atoms with Gasteiger partial charge in [0.15, 0.2) is 5.96 Å². The minimum atomic E-state index is 0.751. The summed E-state index contributed by atoms with van der Waals surface area (Å²) in [4.78, 5) is 9.26. The van der Waals surface area contributed by atoms with Gasteiger partial charge in [0.1, 0.15) is 0 Å². The van der Waals surface area contributed by atoms with Crippen molar-refractivity contribution in [3.05, 3.63) is 12.7 Å². The molecule has 0 radical (unpaired) electrons. The molecule has 0 saturated carbocycles. The Hall–Kier alpha value is -1.07. The molecule has 0 atom stereocenters. The molecule has 5 nitrogen and oxygen atoms in total. The molecule has 0 aliphatic carbocycles. The normalized spacial score (nSPS) is 18.0. The van der Waals surface area contributed by atoms with Gasteiger partial charge in [-0.2, -0.15) is 0 Å². The second kappa shape index (κ2) is 10.7. The van der Waals surface area contributed by atoms with Crippen molar-refractivity contribution in [1.82, 2.24) is 20.4 Å². The van der Waals surface area contributed by atoms with E-state index in [0.29, 0.717) is 0 Å². The highest BCUT2D eigenvalue weighted by atomic mass is 15.3. The summed E-state index contributed by atoms with van der Waals surface area (Å²) in [6, 6.07) is 0. The van der Waals surface area contributed by atoms with Gasteiger partial charge in [-0.1, -0.05) is 13.0 Å². The number of hydrogen-bond acceptors (Lipinski definition) is 3. The smallest absolute Gasteiger partial charge is 0.191 e. The Morgan fingerprint density at radius 3 is 2.45 bits per heavy atom. The number of unbranched alkanes of at least 4 members (excludes halogenated alkanes) is 1. The van der Waals surface area contributed by atoms with Crippen LogP contribution in [0.3, 0.4) is 0 Å². The zero-order valence-corrected chi connectivity index (χ0v) is 13.2. The van der Waals surface area contributed by atoms with Crippen LogP contribution in [0.5, 0.6) is 0 Å². The van der Waals surface area contributed by atoms with Gasteiger partial charge in [0.25, 0.3) is 0 Å². The van der Waals surface area contributed by atoms with Gasteiger partial charge < -0.3 is 20.4 Å². The Morgan fingerprint density at radius 2 is 1.85 bits per heavy atom. The van der Waals surface area contributed by atoms with Crippen molar-refractivity contribution in [2.75, 3.05) is 59.4 Å². The Kier molecular flexibility index (Phi) is 9.07. The monoisotopic (exact) mass is 281 g/mol. The maximum absolute atomic E-state index is 4.16. The van der Waals surface area contributed by atoms with Crippen molar-refractivity contribution in [3.8, 4) is 0 Å². The number of aliphatic imine (C=N–C) groups is 1. The Labute approximate surface area is 124 Å². The summed E-state index contributed by atoms with van der Waals surface area (Å²) in [6.07, 6.45) is 4.27. The molecule has 0 aromatic rings. The van der Waals surface area contributed by atoms with Crippen LogP contribution in [0.25, 0.3) is 0 Å². The Morgan fingerprint density at radius 1 is 1.15 bits per heavy atom. The van der Waals surface area contributed by atoms with Crippen LogP contribution in [0, 0.1) is 0 Å². The van der Waals surface area contributed by atoms with Crippen LogP contribution in [0.2, 0.25) is 0 Å². The van der Waals surface area contributed by atoms with E-state index in [2.05, 4.69) is 38.9 Å². The van der Waals surface area contributed by atoms with Crippen molar-refractivity contribution >= 4 is 5.96 Å². The van der Waals surface area contributed by atoms with E-state index in [9.17, 15) is 0 Å². The van der Waals surface area contributed by atoms with Crippen molar-refractivity contribution in [1.29, 1.82) is 0 Å². The van der Waals surface area contributed by atoms with Crippen LogP contribution in [-0.4, -0.2) is 75.2 Å². The summed E-state index contributed by atoms with van der Waals surface area (Å²) in [5.41, 5.74) is 0. The molecule has 0 aromatic carbocycles. The molecule has 1 fully saturated rings. The highest BCUT2D eigenvalue weighted by molar-refractivity contribution is 5.79. The summed E-state index contributed by atoms with van der Waals surface area (Å²) in [6.45, 7) is 15.0. The molecule has 116 valence electrons. The van der Waals surface area contributed by atoms with Crippen LogP contribution in [0.15, 0.2) is 17.6 Å². The van der Waals surface area contributed by atoms with Gasteiger partial charge in [0, 0.05) is 46.3 Å². The fourth-order valence-electron chi connectivity index (χ4n) is 2.39. The molecular weight excluding hydrogens is 250 g/mol. The largest absolute Gasteiger partial charge is 0.356 e. The zero-order valence-electron chi connectivity index (χ0n) is 13.2. The van der Waals surface area contributed by atoms with Crippen LogP contribution in [0.1, 0.15) is 19.8 Å². The summed E-state index contributed by atoms with van der Waals surface area (Å²) in [7, 11) is 1.80. The molecule has 1 aliphatic heterocycles. The lowest BCUT2D eigenvalue weighted by Gasteiger charge is -2.34. The third kappa shape index (κ3) is 6.91. The molecule has 0 amide bonds. The zero-order chi connectivity index (χ0) is 14.6. The van der Waals surface area contributed by atoms with Crippen LogP contribution < -0.4 is 10.6 Å². The highest BCUT2D eigenvalue weighted by Gasteiger charge is 2.14. The van der Waals surface area contributed by atoms with E-state index in [1.165, 1.54) is 52.1 Å². The SMILES string of the molecule is C=CCNC(=NC)NCCCCN1CCN(CC)CC1. The molecule has 0 spiro atoms. The van der Waals surface area contributed by atoms with Crippen molar-refractivity contribution in [3.63, 3.8) is 0 Å². The Balaban J connectivity index is 2.00. The molecule has 1 saturated heterocycles. The first-order chi connectivity index (χ1) is 9.80. The molecule has 0 aromatic heterocycles. The lowest BCUT2D eigenvalue weighted by Crippen LogP contribution is -2.46. The molecule has 1 heterocycles. The third-order valence-corrected chi connectivity index (χ3v) is 3.74. The lowest BCUT2D eigenvalue weighted by molar-refractivity contribution is 0.136. The topological polar surface area (TPSA) is 42.9 Å². The van der Waals surface area contributed by atoms with Crippen molar-refractivity contribution in [2.24, 2.45) is 4.99 Å². The molecule has 1 rings (SSSR count). The number of guanidine groups is 1. The summed E-state index contributed by atoms with van der Waals surface area (Å²) < 4.78 is 0. The van der Waals surface area contributed by atoms with Gasteiger partial charge in [-0.3, -0.25) is 4.99 Å². The first-order valence-electron chi connectivity index (χ1n) is 7.80. The molecule has 5 heteroatoms. The molecule has 1 aliphatic rings. The minimum Gasteiger partial charge on any atom is -0.356 e. The average Bonchev–Trinajstić information content (AvgIpc) is 2.50. The molecular formula is C15H31N5. The van der Waals surface area contributed by atoms with Crippen molar-refractivity contribution < 1.29 is 0 Å². The first kappa shape index (κ1) is 17.0. The number of nitrogens with one attached hydrogen (secondary N) is 2. The average molecular weight is 281 g/mol. The number of piperazine rings is 1. The van der Waals surface area contributed by atoms with Crippen molar-refractivity contribution in [2.45, 2.75) is 19.8 Å². The van der Waals surface area contributed by atoms with E-state index >= 15 is 0 Å². The number of hydrogen-bond donors (Lipinski definition) is 2. The molecule has 0 bridgehead atoms. The maximum atomic E-state index is 4.16. The standard InChI is InChI=1S/C15H31N5/c1-4-8-17-15(16-3)18-9-6-7-10-20-13-11-19(5-2)12-14-20/h4H,1,5-14H2,2-3H3,(H2,16,17,18). The van der Waals surface area contributed by atoms with Crippen LogP contribution >= 0.6 is 0 Å². The quantitative estimate of drug-likeness (QED) is 0.298. The van der Waals surface area contributed by atoms with E-state index in [0.717, 1.165) is 19.0 Å². The summed E-state index contributed by atoms with van der Waals surface area (Å²) in [5, 5.41) is 6.50. The van der Waals surface area contributed by atoms with Gasteiger partial charge in [0.2, 0.25) is 0 Å². The highest BCUT2D eigenvalue weighted by Crippen LogP contribution is 2.02. The number of nitrogens with zero attached hydrogens (tertiary/aromatic N) is 3. The molecule has 2 N–H and O–H groups in total. The lowest BCUT2D eigenvalue weighted by atomic mass is 10.2. The molecule has 20 heavy (non-hydrogen) atoms. The Bertz CT molecular complexity index is 282. The number of rotatable bonds is 8. The summed E-state index contributed by atoms with van der Waals surface area (Å²) >= 11 is 0. The maximum Gasteiger partial charge on any atom is 0.191 e. The fraction of sp³-hybridized carbons (Fsp3) is 0.800. The van der Waals surface area contributed by atoms with Gasteiger partial charge >= 0.3 is 0 Å². The van der Waals surface area contributed by atoms with Crippen LogP contribution in [0.4, 0.5) is 0 Å². The fourth-order valence-corrected chi connectivity index (χ4v) is 2.39. The molecule has 0 unspecified atom stereocenters. The van der Waals surface area contributed by atoms with E-state index in [1.807, 2.05) is 6.08 Å². The predicted molar refractivity (Wildman–Crippen MR) is 87.3 cm³/mol. The van der Waals surface area contributed by atoms with Gasteiger partial charge in [0.05, 0.1) is 0 Å². The predicted octanol–water partition coefficient (Wildman–Crippen LogP) is 0.755.